The molecule has 0 saturated carbocycles. The predicted molar refractivity (Wildman–Crippen MR) is 59.0 cm³/mol. The molecule has 1 saturated heterocycles. The fourth-order valence-electron chi connectivity index (χ4n) is 1.97. The summed E-state index contributed by atoms with van der Waals surface area (Å²) < 4.78 is 18.7. The second-order valence-electron chi connectivity index (χ2n) is 3.74. The molecule has 0 N–H and O–H groups in total. The molecule has 1 aromatic carbocycles. The molecule has 82 valence electrons. The van der Waals surface area contributed by atoms with Crippen molar-refractivity contribution in [2.24, 2.45) is 0 Å². The summed E-state index contributed by atoms with van der Waals surface area (Å²) >= 11 is 0. The number of anilines is 1. The first-order valence-electron chi connectivity index (χ1n) is 5.48. The Bertz CT molecular complexity index is 334. The zero-order valence-electron chi connectivity index (χ0n) is 9.00. The van der Waals surface area contributed by atoms with Gasteiger partial charge < -0.3 is 9.64 Å². The molecule has 0 spiro atoms. The highest BCUT2D eigenvalue weighted by Gasteiger charge is 2.16. The van der Waals surface area contributed by atoms with Crippen molar-refractivity contribution in [3.05, 3.63) is 24.0 Å². The summed E-state index contributed by atoms with van der Waals surface area (Å²) in [7, 11) is 0. The molecule has 0 aromatic heterocycles. The Hall–Kier alpha value is -1.25. The third kappa shape index (κ3) is 2.22. The van der Waals surface area contributed by atoms with E-state index in [-0.39, 0.29) is 5.82 Å². The van der Waals surface area contributed by atoms with E-state index in [9.17, 15) is 4.39 Å². The molecule has 0 aliphatic carbocycles. The number of ether oxygens (including phenoxy) is 1. The zero-order valence-corrected chi connectivity index (χ0v) is 9.00. The third-order valence-electron chi connectivity index (χ3n) is 2.67. The average molecular weight is 209 g/mol. The minimum absolute atomic E-state index is 0.194. The van der Waals surface area contributed by atoms with E-state index >= 15 is 0 Å². The van der Waals surface area contributed by atoms with Gasteiger partial charge in [0.1, 0.15) is 11.6 Å². The number of hydrogen-bond acceptors (Lipinski definition) is 2. The highest BCUT2D eigenvalue weighted by Crippen LogP contribution is 2.31. The lowest BCUT2D eigenvalue weighted by Gasteiger charge is -2.21. The second kappa shape index (κ2) is 4.51. The van der Waals surface area contributed by atoms with E-state index in [2.05, 4.69) is 4.90 Å². The number of halogens is 1. The van der Waals surface area contributed by atoms with Crippen LogP contribution in [0.4, 0.5) is 10.1 Å². The summed E-state index contributed by atoms with van der Waals surface area (Å²) in [6.07, 6.45) is 2.37. The fourth-order valence-corrected chi connectivity index (χ4v) is 1.97. The molecular weight excluding hydrogens is 193 g/mol. The standard InChI is InChI=1S/C12H16FNO/c1-2-15-12-6-5-10(13)9-11(12)14-7-3-4-8-14/h5-6,9H,2-4,7-8H2,1H3. The van der Waals surface area contributed by atoms with Gasteiger partial charge >= 0.3 is 0 Å². The molecule has 1 aliphatic rings. The van der Waals surface area contributed by atoms with Gasteiger partial charge in [0.2, 0.25) is 0 Å². The Morgan fingerprint density at radius 2 is 2.07 bits per heavy atom. The van der Waals surface area contributed by atoms with E-state index in [0.717, 1.165) is 24.5 Å². The summed E-state index contributed by atoms with van der Waals surface area (Å²) in [4.78, 5) is 2.19. The van der Waals surface area contributed by atoms with Crippen LogP contribution in [0.25, 0.3) is 0 Å². The van der Waals surface area contributed by atoms with Crippen LogP contribution >= 0.6 is 0 Å². The van der Waals surface area contributed by atoms with E-state index in [1.54, 1.807) is 12.1 Å². The molecule has 2 nitrogen and oxygen atoms in total. The molecule has 15 heavy (non-hydrogen) atoms. The Balaban J connectivity index is 2.28. The lowest BCUT2D eigenvalue weighted by Crippen LogP contribution is -2.18. The molecule has 0 amide bonds. The Morgan fingerprint density at radius 3 is 2.73 bits per heavy atom. The van der Waals surface area contributed by atoms with Gasteiger partial charge in [-0.3, -0.25) is 0 Å². The zero-order chi connectivity index (χ0) is 10.7. The molecule has 1 fully saturated rings. The van der Waals surface area contributed by atoms with E-state index in [0.29, 0.717) is 6.61 Å². The van der Waals surface area contributed by atoms with Crippen LogP contribution in [0, 0.1) is 5.82 Å². The monoisotopic (exact) mass is 209 g/mol. The highest BCUT2D eigenvalue weighted by atomic mass is 19.1. The summed E-state index contributed by atoms with van der Waals surface area (Å²) in [6.45, 7) is 4.57. The van der Waals surface area contributed by atoms with Crippen molar-refractivity contribution in [2.75, 3.05) is 24.6 Å². The van der Waals surface area contributed by atoms with Crippen LogP contribution in [-0.4, -0.2) is 19.7 Å². The van der Waals surface area contributed by atoms with Gasteiger partial charge in [-0.25, -0.2) is 4.39 Å². The molecular formula is C12H16FNO. The highest BCUT2D eigenvalue weighted by molar-refractivity contribution is 5.59. The Labute approximate surface area is 89.7 Å². The average Bonchev–Trinajstić information content (AvgIpc) is 2.74. The smallest absolute Gasteiger partial charge is 0.142 e. The summed E-state index contributed by atoms with van der Waals surface area (Å²) in [6, 6.07) is 4.73. The van der Waals surface area contributed by atoms with Crippen LogP contribution in [0.2, 0.25) is 0 Å². The summed E-state index contributed by atoms with van der Waals surface area (Å²) in [5.74, 6) is 0.598. The van der Waals surface area contributed by atoms with Gasteiger partial charge in [-0.2, -0.15) is 0 Å². The Kier molecular flexibility index (Phi) is 3.09. The molecule has 1 heterocycles. The maximum absolute atomic E-state index is 13.2. The van der Waals surface area contributed by atoms with Crippen LogP contribution in [0.5, 0.6) is 5.75 Å². The lowest BCUT2D eigenvalue weighted by molar-refractivity contribution is 0.340. The minimum atomic E-state index is -0.194. The van der Waals surface area contributed by atoms with Crippen molar-refractivity contribution in [3.8, 4) is 5.75 Å². The van der Waals surface area contributed by atoms with E-state index in [1.807, 2.05) is 6.92 Å². The van der Waals surface area contributed by atoms with Crippen LogP contribution < -0.4 is 9.64 Å². The van der Waals surface area contributed by atoms with E-state index in [1.165, 1.54) is 18.9 Å². The largest absolute Gasteiger partial charge is 0.492 e. The summed E-state index contributed by atoms with van der Waals surface area (Å²) in [5.41, 5.74) is 0.898. The normalized spacial score (nSPS) is 15.7. The SMILES string of the molecule is CCOc1ccc(F)cc1N1CCCC1. The quantitative estimate of drug-likeness (QED) is 0.759. The molecule has 0 unspecified atom stereocenters. The number of nitrogens with zero attached hydrogens (tertiary/aromatic N) is 1. The van der Waals surface area contributed by atoms with Crippen LogP contribution in [0.1, 0.15) is 19.8 Å². The van der Waals surface area contributed by atoms with E-state index in [4.69, 9.17) is 4.74 Å². The molecule has 2 rings (SSSR count). The third-order valence-corrected chi connectivity index (χ3v) is 2.67. The van der Waals surface area contributed by atoms with Gasteiger partial charge in [-0.15, -0.1) is 0 Å². The van der Waals surface area contributed by atoms with Crippen LogP contribution in [-0.2, 0) is 0 Å². The van der Waals surface area contributed by atoms with E-state index < -0.39 is 0 Å². The van der Waals surface area contributed by atoms with Crippen molar-refractivity contribution in [1.29, 1.82) is 0 Å². The van der Waals surface area contributed by atoms with Gasteiger partial charge in [0.05, 0.1) is 12.3 Å². The maximum atomic E-state index is 13.2. The molecule has 1 aromatic rings. The van der Waals surface area contributed by atoms with Gasteiger partial charge in [-0.05, 0) is 31.9 Å². The molecule has 3 heteroatoms. The van der Waals surface area contributed by atoms with Crippen molar-refractivity contribution < 1.29 is 9.13 Å². The van der Waals surface area contributed by atoms with Crippen molar-refractivity contribution in [3.63, 3.8) is 0 Å². The van der Waals surface area contributed by atoms with Crippen molar-refractivity contribution in [2.45, 2.75) is 19.8 Å². The maximum Gasteiger partial charge on any atom is 0.142 e. The number of benzene rings is 1. The van der Waals surface area contributed by atoms with Crippen LogP contribution in [0.15, 0.2) is 18.2 Å². The van der Waals surface area contributed by atoms with Crippen molar-refractivity contribution >= 4 is 5.69 Å². The molecule has 0 radical (unpaired) electrons. The summed E-state index contributed by atoms with van der Waals surface area (Å²) in [5, 5.41) is 0. The second-order valence-corrected chi connectivity index (χ2v) is 3.74. The van der Waals surface area contributed by atoms with Gasteiger partial charge in [0, 0.05) is 19.2 Å². The first kappa shape index (κ1) is 10.3. The molecule has 0 atom stereocenters. The lowest BCUT2D eigenvalue weighted by atomic mass is 10.2. The first-order chi connectivity index (χ1) is 7.31. The number of rotatable bonds is 3. The Morgan fingerprint density at radius 1 is 1.33 bits per heavy atom. The van der Waals surface area contributed by atoms with Gasteiger partial charge in [0.15, 0.2) is 0 Å². The van der Waals surface area contributed by atoms with Gasteiger partial charge in [-0.1, -0.05) is 0 Å². The predicted octanol–water partition coefficient (Wildman–Crippen LogP) is 2.82. The molecule has 1 aliphatic heterocycles. The van der Waals surface area contributed by atoms with Gasteiger partial charge in [0.25, 0.3) is 0 Å². The molecule has 0 bridgehead atoms. The number of hydrogen-bond donors (Lipinski definition) is 0. The first-order valence-corrected chi connectivity index (χ1v) is 5.48. The van der Waals surface area contributed by atoms with Crippen LogP contribution in [0.3, 0.4) is 0 Å². The minimum Gasteiger partial charge on any atom is -0.492 e. The fraction of sp³-hybridized carbons (Fsp3) is 0.500. The topological polar surface area (TPSA) is 12.5 Å². The van der Waals surface area contributed by atoms with Crippen molar-refractivity contribution in [1.82, 2.24) is 0 Å².